The van der Waals surface area contributed by atoms with E-state index in [2.05, 4.69) is 10.2 Å². The molecule has 1 aromatic heterocycles. The van der Waals surface area contributed by atoms with Gasteiger partial charge in [-0.25, -0.2) is 8.78 Å². The van der Waals surface area contributed by atoms with Crippen molar-refractivity contribution in [2.24, 2.45) is 5.73 Å². The van der Waals surface area contributed by atoms with Gasteiger partial charge in [-0.05, 0) is 28.8 Å². The Hall–Kier alpha value is -3.02. The number of primary amides is 1. The van der Waals surface area contributed by atoms with Gasteiger partial charge >= 0.3 is 0 Å². The fraction of sp³-hybridized carbons (Fsp3) is 0.158. The number of H-pyrrole nitrogens is 1. The van der Waals surface area contributed by atoms with Gasteiger partial charge in [-0.3, -0.25) is 9.89 Å². The molecule has 0 aliphatic heterocycles. The fourth-order valence-corrected chi connectivity index (χ4v) is 3.00. The third-order valence-electron chi connectivity index (χ3n) is 4.44. The number of nitrogens with zero attached hydrogens (tertiary/aromatic N) is 1. The smallest absolute Gasteiger partial charge is 0.218 e. The van der Waals surface area contributed by atoms with Crippen LogP contribution in [0.25, 0.3) is 11.1 Å². The summed E-state index contributed by atoms with van der Waals surface area (Å²) in [5, 5.41) is 6.66. The molecule has 2 aromatic carbocycles. The molecule has 0 saturated heterocycles. The molecule has 3 aromatic rings. The number of carbonyl (C=O) groups excluding carboxylic acids is 1. The molecule has 0 aliphatic rings. The number of nitrogens with one attached hydrogen (secondary N) is 1. The standard InChI is InChI=1S/C19H17F2N3O/c1-19(9-18(22)25,15-6-7-16(20)17(21)8-15)14-4-2-12(3-5-14)13-10-23-24-11-13/h2-8,10-11H,9H2,1H3,(H2,22,25)(H,23,24). The first-order valence-electron chi connectivity index (χ1n) is 7.74. The zero-order valence-electron chi connectivity index (χ0n) is 13.6. The summed E-state index contributed by atoms with van der Waals surface area (Å²) >= 11 is 0. The zero-order chi connectivity index (χ0) is 18.0. The molecular weight excluding hydrogens is 324 g/mol. The average molecular weight is 341 g/mol. The van der Waals surface area contributed by atoms with Gasteiger partial charge in [-0.2, -0.15) is 5.10 Å². The van der Waals surface area contributed by atoms with Crippen LogP contribution in [0.3, 0.4) is 0 Å². The van der Waals surface area contributed by atoms with Gasteiger partial charge in [0.15, 0.2) is 11.6 Å². The monoisotopic (exact) mass is 341 g/mol. The minimum Gasteiger partial charge on any atom is -0.370 e. The number of halogens is 2. The van der Waals surface area contributed by atoms with Gasteiger partial charge < -0.3 is 5.73 Å². The molecule has 4 nitrogen and oxygen atoms in total. The van der Waals surface area contributed by atoms with E-state index in [4.69, 9.17) is 5.73 Å². The van der Waals surface area contributed by atoms with Crippen LogP contribution >= 0.6 is 0 Å². The highest BCUT2D eigenvalue weighted by molar-refractivity contribution is 5.76. The molecule has 1 atom stereocenters. The van der Waals surface area contributed by atoms with Gasteiger partial charge in [-0.15, -0.1) is 0 Å². The first kappa shape index (κ1) is 16.8. The zero-order valence-corrected chi connectivity index (χ0v) is 13.6. The van der Waals surface area contributed by atoms with Gasteiger partial charge in [0, 0.05) is 23.6 Å². The van der Waals surface area contributed by atoms with E-state index < -0.39 is 23.0 Å². The summed E-state index contributed by atoms with van der Waals surface area (Å²) in [4.78, 5) is 11.6. The molecule has 25 heavy (non-hydrogen) atoms. The Bertz CT molecular complexity index is 892. The van der Waals surface area contributed by atoms with Gasteiger partial charge in [0.25, 0.3) is 0 Å². The molecule has 128 valence electrons. The van der Waals surface area contributed by atoms with Crippen LogP contribution in [0.1, 0.15) is 24.5 Å². The van der Waals surface area contributed by atoms with Crippen LogP contribution in [0.2, 0.25) is 0 Å². The van der Waals surface area contributed by atoms with Gasteiger partial charge in [0.2, 0.25) is 5.91 Å². The summed E-state index contributed by atoms with van der Waals surface area (Å²) in [6.45, 7) is 1.79. The van der Waals surface area contributed by atoms with Crippen molar-refractivity contribution < 1.29 is 13.6 Å². The number of carbonyl (C=O) groups is 1. The molecule has 3 rings (SSSR count). The Morgan fingerprint density at radius 2 is 1.76 bits per heavy atom. The Kier molecular flexibility index (Phi) is 4.35. The second-order valence-corrected chi connectivity index (χ2v) is 6.17. The molecule has 0 bridgehead atoms. The first-order valence-corrected chi connectivity index (χ1v) is 7.74. The predicted molar refractivity (Wildman–Crippen MR) is 90.6 cm³/mol. The fourth-order valence-electron chi connectivity index (χ4n) is 3.00. The summed E-state index contributed by atoms with van der Waals surface area (Å²) in [5.41, 5.74) is 7.69. The predicted octanol–water partition coefficient (Wildman–Crippen LogP) is 3.54. The van der Waals surface area contributed by atoms with Crippen LogP contribution in [-0.2, 0) is 10.2 Å². The lowest BCUT2D eigenvalue weighted by Gasteiger charge is -2.30. The summed E-state index contributed by atoms with van der Waals surface area (Å²) < 4.78 is 27.0. The normalized spacial score (nSPS) is 13.4. The second kappa shape index (κ2) is 6.47. The summed E-state index contributed by atoms with van der Waals surface area (Å²) in [6, 6.07) is 11.1. The topological polar surface area (TPSA) is 71.8 Å². The number of hydrogen-bond donors (Lipinski definition) is 2. The number of aromatic amines is 1. The Labute approximate surface area is 143 Å². The van der Waals surface area contributed by atoms with Gasteiger partial charge in [0.05, 0.1) is 6.20 Å². The molecule has 1 heterocycles. The second-order valence-electron chi connectivity index (χ2n) is 6.17. The van der Waals surface area contributed by atoms with Crippen molar-refractivity contribution in [2.45, 2.75) is 18.8 Å². The van der Waals surface area contributed by atoms with E-state index in [1.807, 2.05) is 24.3 Å². The maximum atomic E-state index is 13.7. The third kappa shape index (κ3) is 3.28. The highest BCUT2D eigenvalue weighted by Crippen LogP contribution is 2.36. The number of aromatic nitrogens is 2. The number of rotatable bonds is 5. The number of amides is 1. The number of nitrogens with two attached hydrogens (primary N) is 1. The Morgan fingerprint density at radius 3 is 2.32 bits per heavy atom. The molecule has 0 radical (unpaired) electrons. The first-order chi connectivity index (χ1) is 11.9. The van der Waals surface area contributed by atoms with Crippen molar-refractivity contribution in [3.8, 4) is 11.1 Å². The molecule has 0 spiro atoms. The quantitative estimate of drug-likeness (QED) is 0.745. The molecule has 1 unspecified atom stereocenters. The maximum absolute atomic E-state index is 13.7. The van der Waals surface area contributed by atoms with Crippen LogP contribution in [0.4, 0.5) is 8.78 Å². The molecule has 0 aliphatic carbocycles. The van der Waals surface area contributed by atoms with E-state index in [-0.39, 0.29) is 6.42 Å². The number of hydrogen-bond acceptors (Lipinski definition) is 2. The van der Waals surface area contributed by atoms with Crippen molar-refractivity contribution in [1.82, 2.24) is 10.2 Å². The lowest BCUT2D eigenvalue weighted by atomic mass is 9.73. The highest BCUT2D eigenvalue weighted by atomic mass is 19.2. The minimum absolute atomic E-state index is 0.0247. The third-order valence-corrected chi connectivity index (χ3v) is 4.44. The van der Waals surface area contributed by atoms with E-state index >= 15 is 0 Å². The van der Waals surface area contributed by atoms with E-state index in [0.29, 0.717) is 5.56 Å². The van der Waals surface area contributed by atoms with Gasteiger partial charge in [0.1, 0.15) is 0 Å². The van der Waals surface area contributed by atoms with Crippen molar-refractivity contribution in [1.29, 1.82) is 0 Å². The number of benzene rings is 2. The van der Waals surface area contributed by atoms with Crippen molar-refractivity contribution in [3.05, 3.63) is 77.6 Å². The minimum atomic E-state index is -0.955. The molecule has 6 heteroatoms. The Morgan fingerprint density at radius 1 is 1.08 bits per heavy atom. The Balaban J connectivity index is 2.05. The van der Waals surface area contributed by atoms with Crippen LogP contribution < -0.4 is 5.73 Å². The summed E-state index contributed by atoms with van der Waals surface area (Å²) in [5.74, 6) is -2.41. The van der Waals surface area contributed by atoms with Crippen molar-refractivity contribution in [2.75, 3.05) is 0 Å². The van der Waals surface area contributed by atoms with Crippen LogP contribution in [0, 0.1) is 11.6 Å². The average Bonchev–Trinajstić information content (AvgIpc) is 3.11. The van der Waals surface area contributed by atoms with E-state index in [9.17, 15) is 13.6 Å². The summed E-state index contributed by atoms with van der Waals surface area (Å²) in [6.07, 6.45) is 3.45. The maximum Gasteiger partial charge on any atom is 0.218 e. The highest BCUT2D eigenvalue weighted by Gasteiger charge is 2.31. The van der Waals surface area contributed by atoms with E-state index in [0.717, 1.165) is 28.8 Å². The van der Waals surface area contributed by atoms with Crippen molar-refractivity contribution >= 4 is 5.91 Å². The van der Waals surface area contributed by atoms with Gasteiger partial charge in [-0.1, -0.05) is 37.3 Å². The summed E-state index contributed by atoms with van der Waals surface area (Å²) in [7, 11) is 0. The van der Waals surface area contributed by atoms with E-state index in [1.165, 1.54) is 6.07 Å². The SMILES string of the molecule is CC(CC(N)=O)(c1ccc(-c2cn[nH]c2)cc1)c1ccc(F)c(F)c1. The molecule has 0 saturated carbocycles. The lowest BCUT2D eigenvalue weighted by molar-refractivity contribution is -0.118. The van der Waals surface area contributed by atoms with Crippen LogP contribution in [0.5, 0.6) is 0 Å². The van der Waals surface area contributed by atoms with E-state index in [1.54, 1.807) is 19.3 Å². The molecule has 0 fully saturated rings. The molecule has 1 amide bonds. The van der Waals surface area contributed by atoms with Crippen molar-refractivity contribution in [3.63, 3.8) is 0 Å². The van der Waals surface area contributed by atoms with Crippen LogP contribution in [0.15, 0.2) is 54.9 Å². The van der Waals surface area contributed by atoms with Crippen LogP contribution in [-0.4, -0.2) is 16.1 Å². The largest absolute Gasteiger partial charge is 0.370 e. The molecule has 3 N–H and O–H groups in total. The lowest BCUT2D eigenvalue weighted by Crippen LogP contribution is -2.30. The molecular formula is C19H17F2N3O.